The molecule has 0 fully saturated rings. The summed E-state index contributed by atoms with van der Waals surface area (Å²) in [6.07, 6.45) is 0.236. The third-order valence-electron chi connectivity index (χ3n) is 1.35. The summed E-state index contributed by atoms with van der Waals surface area (Å²) in [5.41, 5.74) is 0. The first-order chi connectivity index (χ1) is 5.07. The minimum absolute atomic E-state index is 0.184. The maximum Gasteiger partial charge on any atom is 0.308 e. The van der Waals surface area contributed by atoms with E-state index < -0.39 is 10.9 Å². The van der Waals surface area contributed by atoms with Gasteiger partial charge in [0.25, 0.3) is 0 Å². The van der Waals surface area contributed by atoms with Crippen LogP contribution >= 0.6 is 0 Å². The molecule has 1 atom stereocenters. The van der Waals surface area contributed by atoms with E-state index >= 15 is 0 Å². The van der Waals surface area contributed by atoms with Crippen molar-refractivity contribution in [2.75, 3.05) is 13.7 Å². The number of esters is 1. The number of nitrogens with zero attached hydrogens (tertiary/aromatic N) is 1. The Bertz CT molecular complexity index is 157. The molecule has 0 aromatic carbocycles. The van der Waals surface area contributed by atoms with Gasteiger partial charge in [-0.15, -0.1) is 0 Å². The van der Waals surface area contributed by atoms with E-state index in [9.17, 15) is 14.9 Å². The molecular weight excluding hydrogens is 150 g/mol. The molecule has 0 aliphatic carbocycles. The molecule has 0 aliphatic heterocycles. The van der Waals surface area contributed by atoms with Crippen molar-refractivity contribution in [1.82, 2.24) is 0 Å². The van der Waals surface area contributed by atoms with Crippen molar-refractivity contribution in [3.05, 3.63) is 10.1 Å². The van der Waals surface area contributed by atoms with E-state index in [0.29, 0.717) is 0 Å². The summed E-state index contributed by atoms with van der Waals surface area (Å²) in [4.78, 5) is 20.1. The predicted octanol–water partition coefficient (Wildman–Crippen LogP) is 0.462. The number of nitro groups is 1. The number of methoxy groups -OCH3 is 1. The number of hydrogen-bond acceptors (Lipinski definition) is 4. The molecule has 0 saturated carbocycles. The standard InChI is InChI=1S/C6H11NO4/c1-5(6(8)11-2)3-4-7(9)10/h5H,3-4H2,1-2H3/t5-/m1/s1. The lowest BCUT2D eigenvalue weighted by atomic mass is 10.1. The zero-order valence-corrected chi connectivity index (χ0v) is 6.57. The Balaban J connectivity index is 3.60. The van der Waals surface area contributed by atoms with E-state index in [1.54, 1.807) is 6.92 Å². The molecule has 0 unspecified atom stereocenters. The molecule has 0 saturated heterocycles. The lowest BCUT2D eigenvalue weighted by Crippen LogP contribution is -2.16. The second-order valence-corrected chi connectivity index (χ2v) is 2.27. The van der Waals surface area contributed by atoms with Crippen molar-refractivity contribution in [2.45, 2.75) is 13.3 Å². The van der Waals surface area contributed by atoms with Crippen molar-refractivity contribution in [3.63, 3.8) is 0 Å². The molecule has 0 radical (unpaired) electrons. The van der Waals surface area contributed by atoms with Crippen LogP contribution in [0, 0.1) is 16.0 Å². The fourth-order valence-electron chi connectivity index (χ4n) is 0.618. The van der Waals surface area contributed by atoms with Crippen LogP contribution in [0.15, 0.2) is 0 Å². The fourth-order valence-corrected chi connectivity index (χ4v) is 0.618. The van der Waals surface area contributed by atoms with E-state index in [4.69, 9.17) is 0 Å². The highest BCUT2D eigenvalue weighted by Crippen LogP contribution is 2.02. The van der Waals surface area contributed by atoms with Gasteiger partial charge in [-0.05, 0) is 0 Å². The average Bonchev–Trinajstić information content (AvgIpc) is 1.98. The van der Waals surface area contributed by atoms with Crippen molar-refractivity contribution < 1.29 is 14.5 Å². The minimum Gasteiger partial charge on any atom is -0.469 e. The van der Waals surface area contributed by atoms with E-state index in [0.717, 1.165) is 0 Å². The molecule has 5 heteroatoms. The molecular formula is C6H11NO4. The van der Waals surface area contributed by atoms with Gasteiger partial charge in [-0.2, -0.15) is 0 Å². The van der Waals surface area contributed by atoms with Crippen LogP contribution in [-0.2, 0) is 9.53 Å². The van der Waals surface area contributed by atoms with Crippen LogP contribution < -0.4 is 0 Å². The Morgan fingerprint density at radius 2 is 2.27 bits per heavy atom. The SMILES string of the molecule is COC(=O)[C@H](C)CC[N+](=O)[O-]. The lowest BCUT2D eigenvalue weighted by Gasteiger charge is -2.04. The summed E-state index contributed by atoms with van der Waals surface area (Å²) in [6.45, 7) is 1.42. The molecule has 0 N–H and O–H groups in total. The summed E-state index contributed by atoms with van der Waals surface area (Å²) < 4.78 is 4.38. The van der Waals surface area contributed by atoms with Crippen LogP contribution in [0.2, 0.25) is 0 Å². The summed E-state index contributed by atoms with van der Waals surface area (Å²) in [5.74, 6) is -0.780. The van der Waals surface area contributed by atoms with Gasteiger partial charge < -0.3 is 4.74 Å². The second-order valence-electron chi connectivity index (χ2n) is 2.27. The summed E-state index contributed by atoms with van der Waals surface area (Å²) in [6, 6.07) is 0. The van der Waals surface area contributed by atoms with Crippen molar-refractivity contribution in [1.29, 1.82) is 0 Å². The highest BCUT2D eigenvalue weighted by Gasteiger charge is 2.14. The van der Waals surface area contributed by atoms with Gasteiger partial charge in [-0.25, -0.2) is 0 Å². The van der Waals surface area contributed by atoms with Gasteiger partial charge in [0.1, 0.15) is 0 Å². The molecule has 0 spiro atoms. The maximum absolute atomic E-state index is 10.7. The van der Waals surface area contributed by atoms with E-state index in [1.807, 2.05) is 0 Å². The zero-order valence-electron chi connectivity index (χ0n) is 6.57. The molecule has 0 aromatic rings. The summed E-state index contributed by atoms with van der Waals surface area (Å²) in [5, 5.41) is 9.87. The lowest BCUT2D eigenvalue weighted by molar-refractivity contribution is -0.481. The van der Waals surface area contributed by atoms with Gasteiger partial charge in [0, 0.05) is 11.3 Å². The monoisotopic (exact) mass is 161 g/mol. The average molecular weight is 161 g/mol. The van der Waals surface area contributed by atoms with Crippen molar-refractivity contribution in [2.24, 2.45) is 5.92 Å². The Morgan fingerprint density at radius 3 is 2.64 bits per heavy atom. The summed E-state index contributed by atoms with van der Waals surface area (Å²) >= 11 is 0. The second kappa shape index (κ2) is 4.65. The number of carbonyl (C=O) groups is 1. The highest BCUT2D eigenvalue weighted by molar-refractivity contribution is 5.71. The molecule has 64 valence electrons. The molecule has 0 rings (SSSR count). The van der Waals surface area contributed by atoms with E-state index in [2.05, 4.69) is 4.74 Å². The van der Waals surface area contributed by atoms with Gasteiger partial charge >= 0.3 is 5.97 Å². The quantitative estimate of drug-likeness (QED) is 0.341. The smallest absolute Gasteiger partial charge is 0.308 e. The maximum atomic E-state index is 10.7. The normalized spacial score (nSPS) is 12.2. The van der Waals surface area contributed by atoms with Crippen molar-refractivity contribution >= 4 is 5.97 Å². The number of hydrogen-bond donors (Lipinski definition) is 0. The zero-order chi connectivity index (χ0) is 8.85. The predicted molar refractivity (Wildman–Crippen MR) is 37.7 cm³/mol. The molecule has 0 aromatic heterocycles. The first-order valence-electron chi connectivity index (χ1n) is 3.27. The van der Waals surface area contributed by atoms with Gasteiger partial charge in [0.2, 0.25) is 6.54 Å². The van der Waals surface area contributed by atoms with Gasteiger partial charge in [0.15, 0.2) is 0 Å². The Kier molecular flexibility index (Phi) is 4.17. The Labute approximate surface area is 64.5 Å². The third kappa shape index (κ3) is 4.30. The highest BCUT2D eigenvalue weighted by atomic mass is 16.6. The van der Waals surface area contributed by atoms with Crippen LogP contribution in [0.1, 0.15) is 13.3 Å². The van der Waals surface area contributed by atoms with Crippen LogP contribution in [0.25, 0.3) is 0 Å². The third-order valence-corrected chi connectivity index (χ3v) is 1.35. The van der Waals surface area contributed by atoms with Crippen LogP contribution in [0.4, 0.5) is 0 Å². The first-order valence-corrected chi connectivity index (χ1v) is 3.27. The topological polar surface area (TPSA) is 69.4 Å². The largest absolute Gasteiger partial charge is 0.469 e. The Hall–Kier alpha value is -1.13. The molecule has 0 heterocycles. The fraction of sp³-hybridized carbons (Fsp3) is 0.833. The minimum atomic E-state index is -0.445. The Morgan fingerprint density at radius 1 is 1.73 bits per heavy atom. The van der Waals surface area contributed by atoms with Crippen molar-refractivity contribution in [3.8, 4) is 0 Å². The number of ether oxygens (including phenoxy) is 1. The molecule has 11 heavy (non-hydrogen) atoms. The van der Waals surface area contributed by atoms with Crippen LogP contribution in [-0.4, -0.2) is 24.5 Å². The van der Waals surface area contributed by atoms with Crippen LogP contribution in [0.5, 0.6) is 0 Å². The first kappa shape index (κ1) is 9.87. The van der Waals surface area contributed by atoms with Gasteiger partial charge in [0.05, 0.1) is 13.0 Å². The molecule has 0 amide bonds. The molecule has 0 aliphatic rings. The van der Waals surface area contributed by atoms with Gasteiger partial charge in [-0.3, -0.25) is 14.9 Å². The van der Waals surface area contributed by atoms with Crippen LogP contribution in [0.3, 0.4) is 0 Å². The van der Waals surface area contributed by atoms with Gasteiger partial charge in [-0.1, -0.05) is 6.92 Å². The molecule has 5 nitrogen and oxygen atoms in total. The number of carbonyl (C=O) groups excluding carboxylic acids is 1. The summed E-state index contributed by atoms with van der Waals surface area (Å²) in [7, 11) is 1.27. The van der Waals surface area contributed by atoms with E-state index in [1.165, 1.54) is 7.11 Å². The molecule has 0 bridgehead atoms. The van der Waals surface area contributed by atoms with E-state index in [-0.39, 0.29) is 18.9 Å². The number of rotatable bonds is 4.